The molecular weight excluding hydrogens is 253 g/mol. The minimum atomic E-state index is -0.285. The Morgan fingerprint density at radius 1 is 1.30 bits per heavy atom. The molecule has 0 amide bonds. The highest BCUT2D eigenvalue weighted by molar-refractivity contribution is 5.48. The molecular formula is C16H20FN3. The van der Waals surface area contributed by atoms with Crippen molar-refractivity contribution < 1.29 is 4.39 Å². The number of nitrogen functional groups attached to an aromatic ring is 1. The molecule has 106 valence electrons. The smallest absolute Gasteiger partial charge is 0.131 e. The van der Waals surface area contributed by atoms with Crippen LogP contribution in [0.15, 0.2) is 30.5 Å². The van der Waals surface area contributed by atoms with Crippen molar-refractivity contribution in [2.75, 3.05) is 12.3 Å². The molecule has 2 rings (SSSR count). The summed E-state index contributed by atoms with van der Waals surface area (Å²) in [5.74, 6) is 0.238. The highest BCUT2D eigenvalue weighted by Crippen LogP contribution is 2.29. The third-order valence-electron chi connectivity index (χ3n) is 3.34. The van der Waals surface area contributed by atoms with Crippen LogP contribution in [-0.2, 0) is 0 Å². The molecule has 0 aliphatic rings. The highest BCUT2D eigenvalue weighted by Gasteiger charge is 2.20. The molecule has 0 aliphatic carbocycles. The van der Waals surface area contributed by atoms with Crippen LogP contribution in [0.25, 0.3) is 0 Å². The van der Waals surface area contributed by atoms with Crippen molar-refractivity contribution in [3.8, 4) is 0 Å². The molecule has 0 bridgehead atoms. The Kier molecular flexibility index (Phi) is 4.35. The van der Waals surface area contributed by atoms with Crippen molar-refractivity contribution in [2.24, 2.45) is 0 Å². The van der Waals surface area contributed by atoms with Gasteiger partial charge in [0.05, 0.1) is 6.04 Å². The molecule has 2 aromatic rings. The molecule has 1 aromatic carbocycles. The van der Waals surface area contributed by atoms with E-state index < -0.39 is 0 Å². The first kappa shape index (κ1) is 14.5. The summed E-state index contributed by atoms with van der Waals surface area (Å²) in [6.45, 7) is 6.41. The Labute approximate surface area is 119 Å². The quantitative estimate of drug-likeness (QED) is 0.900. The van der Waals surface area contributed by atoms with E-state index in [1.807, 2.05) is 26.0 Å². The van der Waals surface area contributed by atoms with Crippen LogP contribution in [0.4, 0.5) is 10.2 Å². The summed E-state index contributed by atoms with van der Waals surface area (Å²) >= 11 is 0. The minimum absolute atomic E-state index is 0.195. The molecule has 1 aromatic heterocycles. The molecule has 0 radical (unpaired) electrons. The van der Waals surface area contributed by atoms with E-state index in [9.17, 15) is 4.39 Å². The van der Waals surface area contributed by atoms with Crippen molar-refractivity contribution in [2.45, 2.75) is 26.8 Å². The van der Waals surface area contributed by atoms with Crippen LogP contribution in [0.2, 0.25) is 0 Å². The Hall–Kier alpha value is -1.94. The predicted octanol–water partition coefficient (Wildman–Crippen LogP) is 3.12. The van der Waals surface area contributed by atoms with Crippen LogP contribution in [0.3, 0.4) is 0 Å². The second-order valence-electron chi connectivity index (χ2n) is 4.96. The number of benzene rings is 1. The van der Waals surface area contributed by atoms with Gasteiger partial charge in [-0.25, -0.2) is 9.37 Å². The van der Waals surface area contributed by atoms with Gasteiger partial charge in [0.25, 0.3) is 0 Å². The maximum absolute atomic E-state index is 14.4. The Morgan fingerprint density at radius 3 is 2.75 bits per heavy atom. The molecule has 0 spiro atoms. The molecule has 4 heteroatoms. The molecule has 3 nitrogen and oxygen atoms in total. The summed E-state index contributed by atoms with van der Waals surface area (Å²) in [5.41, 5.74) is 9.03. The first-order valence-corrected chi connectivity index (χ1v) is 6.75. The van der Waals surface area contributed by atoms with Gasteiger partial charge < -0.3 is 11.1 Å². The molecule has 20 heavy (non-hydrogen) atoms. The SMILES string of the molecule is CCNC(c1cc(C)cnc1N)c1cccc(C)c1F. The van der Waals surface area contributed by atoms with Gasteiger partial charge in [0.15, 0.2) is 0 Å². The van der Waals surface area contributed by atoms with Gasteiger partial charge in [0, 0.05) is 17.3 Å². The third-order valence-corrected chi connectivity index (χ3v) is 3.34. The van der Waals surface area contributed by atoms with E-state index in [4.69, 9.17) is 5.73 Å². The lowest BCUT2D eigenvalue weighted by atomic mass is 9.96. The van der Waals surface area contributed by atoms with Crippen LogP contribution in [0.1, 0.15) is 35.2 Å². The summed E-state index contributed by atoms with van der Waals surface area (Å²) in [6.07, 6.45) is 1.72. The Balaban J connectivity index is 2.56. The van der Waals surface area contributed by atoms with Crippen LogP contribution in [0.5, 0.6) is 0 Å². The number of anilines is 1. The van der Waals surface area contributed by atoms with Crippen LogP contribution < -0.4 is 11.1 Å². The van der Waals surface area contributed by atoms with Crippen molar-refractivity contribution in [1.29, 1.82) is 0 Å². The predicted molar refractivity (Wildman–Crippen MR) is 80.0 cm³/mol. The number of halogens is 1. The molecule has 1 atom stereocenters. The van der Waals surface area contributed by atoms with E-state index in [2.05, 4.69) is 10.3 Å². The fraction of sp³-hybridized carbons (Fsp3) is 0.312. The van der Waals surface area contributed by atoms with Crippen molar-refractivity contribution in [3.05, 3.63) is 58.5 Å². The number of nitrogens with zero attached hydrogens (tertiary/aromatic N) is 1. The Bertz CT molecular complexity index is 609. The standard InChI is InChI=1S/C16H20FN3/c1-4-19-15(12-7-5-6-11(3)14(12)17)13-8-10(2)9-20-16(13)18/h5-9,15,19H,4H2,1-3H3,(H2,18,20). The number of nitrogens with two attached hydrogens (primary N) is 1. The number of aryl methyl sites for hydroxylation is 2. The average molecular weight is 273 g/mol. The molecule has 0 saturated heterocycles. The largest absolute Gasteiger partial charge is 0.383 e. The van der Waals surface area contributed by atoms with Gasteiger partial charge in [0.2, 0.25) is 0 Å². The van der Waals surface area contributed by atoms with Crippen LogP contribution in [0, 0.1) is 19.7 Å². The second kappa shape index (κ2) is 6.01. The highest BCUT2D eigenvalue weighted by atomic mass is 19.1. The zero-order valence-corrected chi connectivity index (χ0v) is 12.1. The van der Waals surface area contributed by atoms with E-state index in [-0.39, 0.29) is 11.9 Å². The topological polar surface area (TPSA) is 50.9 Å². The lowest BCUT2D eigenvalue weighted by Gasteiger charge is -2.21. The zero-order valence-electron chi connectivity index (χ0n) is 12.1. The molecule has 3 N–H and O–H groups in total. The van der Waals surface area contributed by atoms with Gasteiger partial charge in [-0.3, -0.25) is 0 Å². The van der Waals surface area contributed by atoms with E-state index in [0.717, 1.165) is 11.1 Å². The summed E-state index contributed by atoms with van der Waals surface area (Å²) in [6, 6.07) is 7.08. The fourth-order valence-electron chi connectivity index (χ4n) is 2.32. The lowest BCUT2D eigenvalue weighted by Crippen LogP contribution is -2.24. The van der Waals surface area contributed by atoms with Gasteiger partial charge in [-0.1, -0.05) is 25.1 Å². The number of pyridine rings is 1. The average Bonchev–Trinajstić information content (AvgIpc) is 2.43. The van der Waals surface area contributed by atoms with Crippen LogP contribution in [-0.4, -0.2) is 11.5 Å². The second-order valence-corrected chi connectivity index (χ2v) is 4.96. The summed E-state index contributed by atoms with van der Waals surface area (Å²) < 4.78 is 14.4. The number of hydrogen-bond acceptors (Lipinski definition) is 3. The number of rotatable bonds is 4. The van der Waals surface area contributed by atoms with Gasteiger partial charge in [0.1, 0.15) is 11.6 Å². The van der Waals surface area contributed by atoms with Crippen molar-refractivity contribution >= 4 is 5.82 Å². The van der Waals surface area contributed by atoms with E-state index >= 15 is 0 Å². The van der Waals surface area contributed by atoms with Gasteiger partial charge in [-0.2, -0.15) is 0 Å². The third kappa shape index (κ3) is 2.80. The Morgan fingerprint density at radius 2 is 2.05 bits per heavy atom. The van der Waals surface area contributed by atoms with Crippen LogP contribution >= 0.6 is 0 Å². The molecule has 0 fully saturated rings. The molecule has 1 heterocycles. The van der Waals surface area contributed by atoms with Gasteiger partial charge in [-0.15, -0.1) is 0 Å². The monoisotopic (exact) mass is 273 g/mol. The van der Waals surface area contributed by atoms with Crippen molar-refractivity contribution in [3.63, 3.8) is 0 Å². The summed E-state index contributed by atoms with van der Waals surface area (Å²) in [5, 5.41) is 3.29. The summed E-state index contributed by atoms with van der Waals surface area (Å²) in [7, 11) is 0. The van der Waals surface area contributed by atoms with E-state index in [1.165, 1.54) is 0 Å². The number of aromatic nitrogens is 1. The lowest BCUT2D eigenvalue weighted by molar-refractivity contribution is 0.553. The maximum Gasteiger partial charge on any atom is 0.131 e. The van der Waals surface area contributed by atoms with E-state index in [0.29, 0.717) is 23.5 Å². The molecule has 0 saturated carbocycles. The fourth-order valence-corrected chi connectivity index (χ4v) is 2.32. The van der Waals surface area contributed by atoms with E-state index in [1.54, 1.807) is 25.3 Å². The first-order chi connectivity index (χ1) is 9.54. The van der Waals surface area contributed by atoms with Crippen molar-refractivity contribution in [1.82, 2.24) is 10.3 Å². The maximum atomic E-state index is 14.4. The number of nitrogens with one attached hydrogen (secondary N) is 1. The first-order valence-electron chi connectivity index (χ1n) is 6.75. The molecule has 1 unspecified atom stereocenters. The normalized spacial score (nSPS) is 12.4. The van der Waals surface area contributed by atoms with Gasteiger partial charge in [-0.05, 0) is 37.6 Å². The summed E-state index contributed by atoms with van der Waals surface area (Å²) in [4.78, 5) is 4.17. The number of hydrogen-bond donors (Lipinski definition) is 2. The zero-order chi connectivity index (χ0) is 14.7. The molecule has 0 aliphatic heterocycles. The van der Waals surface area contributed by atoms with Gasteiger partial charge >= 0.3 is 0 Å². The minimum Gasteiger partial charge on any atom is -0.383 e.